The molecule has 0 spiro atoms. The van der Waals surface area contributed by atoms with Crippen LogP contribution in [-0.4, -0.2) is 61.8 Å². The number of ketones is 1. The lowest BCUT2D eigenvalue weighted by molar-refractivity contribution is -0.180. The van der Waals surface area contributed by atoms with Gasteiger partial charge in [0.25, 0.3) is 0 Å². The van der Waals surface area contributed by atoms with Crippen molar-refractivity contribution < 1.29 is 33.6 Å². The Morgan fingerprint density at radius 3 is 2.68 bits per heavy atom. The molecular formula is C27H40O7. The molecule has 10 atom stereocenters. The number of fused-ring (bicyclic) bond motifs is 5. The van der Waals surface area contributed by atoms with Crippen LogP contribution in [0.1, 0.15) is 59.3 Å². The molecule has 2 aliphatic heterocycles. The second-order valence-electron chi connectivity index (χ2n) is 11.8. The molecule has 3 saturated carbocycles. The first-order chi connectivity index (χ1) is 16.1. The van der Waals surface area contributed by atoms with Gasteiger partial charge in [-0.25, -0.2) is 0 Å². The first-order valence-electron chi connectivity index (χ1n) is 13.0. The van der Waals surface area contributed by atoms with Gasteiger partial charge in [-0.05, 0) is 73.3 Å². The van der Waals surface area contributed by atoms with E-state index in [1.54, 1.807) is 20.3 Å². The Labute approximate surface area is 202 Å². The zero-order chi connectivity index (χ0) is 24.4. The van der Waals surface area contributed by atoms with E-state index in [0.717, 1.165) is 31.3 Å². The second-order valence-corrected chi connectivity index (χ2v) is 11.8. The van der Waals surface area contributed by atoms with Gasteiger partial charge < -0.3 is 24.1 Å². The van der Waals surface area contributed by atoms with Crippen molar-refractivity contribution in [3.8, 4) is 0 Å². The van der Waals surface area contributed by atoms with Crippen LogP contribution >= 0.6 is 0 Å². The van der Waals surface area contributed by atoms with E-state index in [4.69, 9.17) is 18.9 Å². The first kappa shape index (κ1) is 24.4. The van der Waals surface area contributed by atoms with Gasteiger partial charge in [-0.3, -0.25) is 9.59 Å². The molecule has 7 heteroatoms. The molecule has 0 radical (unpaired) electrons. The minimum absolute atomic E-state index is 0.0264. The maximum Gasteiger partial charge on any atom is 0.302 e. The predicted molar refractivity (Wildman–Crippen MR) is 124 cm³/mol. The molecule has 190 valence electrons. The highest BCUT2D eigenvalue weighted by Gasteiger charge is 2.66. The van der Waals surface area contributed by atoms with Gasteiger partial charge in [-0.2, -0.15) is 0 Å². The van der Waals surface area contributed by atoms with E-state index < -0.39 is 11.7 Å². The van der Waals surface area contributed by atoms with Crippen molar-refractivity contribution in [2.75, 3.05) is 20.8 Å². The van der Waals surface area contributed by atoms with Crippen LogP contribution in [0.4, 0.5) is 0 Å². The summed E-state index contributed by atoms with van der Waals surface area (Å²) >= 11 is 0. The number of hydrogen-bond donors (Lipinski definition) is 1. The highest BCUT2D eigenvalue weighted by molar-refractivity contribution is 5.96. The number of ether oxygens (including phenoxy) is 4. The molecule has 5 aliphatic rings. The van der Waals surface area contributed by atoms with Crippen molar-refractivity contribution in [1.82, 2.24) is 0 Å². The zero-order valence-electron chi connectivity index (χ0n) is 21.1. The zero-order valence-corrected chi connectivity index (χ0v) is 21.1. The topological polar surface area (TPSA) is 91.3 Å². The van der Waals surface area contributed by atoms with E-state index in [1.165, 1.54) is 6.92 Å². The highest BCUT2D eigenvalue weighted by atomic mass is 16.7. The van der Waals surface area contributed by atoms with Crippen molar-refractivity contribution in [1.29, 1.82) is 0 Å². The molecule has 3 aliphatic carbocycles. The normalized spacial score (nSPS) is 45.9. The van der Waals surface area contributed by atoms with E-state index in [9.17, 15) is 14.7 Å². The molecule has 2 heterocycles. The molecule has 1 saturated heterocycles. The Bertz CT molecular complexity index is 865. The smallest absolute Gasteiger partial charge is 0.302 e. The molecule has 0 unspecified atom stereocenters. The summed E-state index contributed by atoms with van der Waals surface area (Å²) < 4.78 is 23.0. The molecule has 0 aromatic rings. The van der Waals surface area contributed by atoms with Crippen LogP contribution in [-0.2, 0) is 28.5 Å². The average Bonchev–Trinajstić information content (AvgIpc) is 3.33. The summed E-state index contributed by atoms with van der Waals surface area (Å²) in [6.07, 6.45) is 5.95. The number of carbonyl (C=O) groups excluding carboxylic acids is 2. The lowest BCUT2D eigenvalue weighted by atomic mass is 9.52. The van der Waals surface area contributed by atoms with Crippen LogP contribution in [0, 0.1) is 40.9 Å². The number of carbonyl (C=O) groups is 2. The third-order valence-electron chi connectivity index (χ3n) is 10.4. The summed E-state index contributed by atoms with van der Waals surface area (Å²) in [5.41, 5.74) is -0.0374. The first-order valence-corrected chi connectivity index (χ1v) is 13.0. The largest absolute Gasteiger partial charge is 0.466 e. The summed E-state index contributed by atoms with van der Waals surface area (Å²) in [7, 11) is 3.38. The number of rotatable bonds is 6. The van der Waals surface area contributed by atoms with Crippen LogP contribution in [0.5, 0.6) is 0 Å². The molecular weight excluding hydrogens is 436 g/mol. The van der Waals surface area contributed by atoms with Crippen LogP contribution in [0.3, 0.4) is 0 Å². The van der Waals surface area contributed by atoms with E-state index in [0.29, 0.717) is 18.8 Å². The standard InChI is InChI=1S/C27H40O7/c1-14(25(31-4)32-5)19-6-7-23-26(19,3)9-8-20-18-10-21(29)22-11-17(24(18)34-22)16(12-27(20,23)30)13-33-15(2)28/h10,14,16-17,19-20,22-25,30H,6-9,11-13H2,1-5H3/t14-,16-,17-,19+,20+,22+,23+,24-,26+,27-/m0/s1. The van der Waals surface area contributed by atoms with Crippen LogP contribution in [0.2, 0.25) is 0 Å². The van der Waals surface area contributed by atoms with Gasteiger partial charge in [0.05, 0.1) is 18.3 Å². The monoisotopic (exact) mass is 476 g/mol. The summed E-state index contributed by atoms with van der Waals surface area (Å²) in [6, 6.07) is 0. The molecule has 0 aromatic carbocycles. The van der Waals surface area contributed by atoms with E-state index >= 15 is 0 Å². The summed E-state index contributed by atoms with van der Waals surface area (Å²) in [6.45, 7) is 6.22. The fourth-order valence-electron chi connectivity index (χ4n) is 8.98. The molecule has 1 N–H and O–H groups in total. The van der Waals surface area contributed by atoms with Gasteiger partial charge in [0.1, 0.15) is 6.10 Å². The van der Waals surface area contributed by atoms with Crippen LogP contribution < -0.4 is 0 Å². The Morgan fingerprint density at radius 1 is 1.26 bits per heavy atom. The van der Waals surface area contributed by atoms with Crippen LogP contribution in [0.25, 0.3) is 0 Å². The average molecular weight is 477 g/mol. The van der Waals surface area contributed by atoms with Crippen molar-refractivity contribution in [3.63, 3.8) is 0 Å². The Hall–Kier alpha value is -1.28. The minimum atomic E-state index is -0.964. The summed E-state index contributed by atoms with van der Waals surface area (Å²) in [5, 5.41) is 12.6. The molecule has 7 nitrogen and oxygen atoms in total. The third-order valence-corrected chi connectivity index (χ3v) is 10.4. The number of methoxy groups -OCH3 is 2. The quantitative estimate of drug-likeness (QED) is 0.465. The lowest BCUT2D eigenvalue weighted by Crippen LogP contribution is -2.57. The molecule has 2 bridgehead atoms. The minimum Gasteiger partial charge on any atom is -0.466 e. The number of aliphatic hydroxyl groups is 1. The Morgan fingerprint density at radius 2 is 2.00 bits per heavy atom. The van der Waals surface area contributed by atoms with Crippen molar-refractivity contribution >= 4 is 11.8 Å². The van der Waals surface area contributed by atoms with Gasteiger partial charge in [-0.15, -0.1) is 0 Å². The van der Waals surface area contributed by atoms with Gasteiger partial charge in [-0.1, -0.05) is 13.8 Å². The maximum atomic E-state index is 12.8. The van der Waals surface area contributed by atoms with Gasteiger partial charge >= 0.3 is 5.97 Å². The van der Waals surface area contributed by atoms with Crippen molar-refractivity contribution in [2.24, 2.45) is 40.9 Å². The highest BCUT2D eigenvalue weighted by Crippen LogP contribution is 2.66. The molecule has 0 amide bonds. The number of esters is 1. The van der Waals surface area contributed by atoms with Gasteiger partial charge in [0, 0.05) is 38.9 Å². The van der Waals surface area contributed by atoms with E-state index in [-0.39, 0.29) is 65.8 Å². The summed E-state index contributed by atoms with van der Waals surface area (Å²) in [5.74, 6) is 0.328. The number of hydrogen-bond acceptors (Lipinski definition) is 7. The maximum absolute atomic E-state index is 12.8. The Kier molecular flexibility index (Phi) is 6.23. The van der Waals surface area contributed by atoms with E-state index in [2.05, 4.69) is 13.8 Å². The molecule has 0 aromatic heterocycles. The molecule has 34 heavy (non-hydrogen) atoms. The lowest BCUT2D eigenvalue weighted by Gasteiger charge is -2.55. The molecule has 5 rings (SSSR count). The predicted octanol–water partition coefficient (Wildman–Crippen LogP) is 3.28. The fraction of sp³-hybridized carbons (Fsp3) is 0.852. The van der Waals surface area contributed by atoms with Gasteiger partial charge in [0.15, 0.2) is 12.1 Å². The van der Waals surface area contributed by atoms with Gasteiger partial charge in [0.2, 0.25) is 0 Å². The SMILES string of the molecule is COC(OC)[C@@H](C)[C@H]1CC[C@@H]2[C@]1(C)CC[C@@H]1C3=CC(=O)[C@H]4C[C@@H]([C@H](COC(C)=O)C[C@]12O)[C@@H]3O4. The fourth-order valence-corrected chi connectivity index (χ4v) is 8.98. The Balaban J connectivity index is 1.52. The van der Waals surface area contributed by atoms with Crippen molar-refractivity contribution in [2.45, 2.75) is 83.4 Å². The van der Waals surface area contributed by atoms with Crippen molar-refractivity contribution in [3.05, 3.63) is 11.6 Å². The van der Waals surface area contributed by atoms with E-state index in [1.807, 2.05) is 0 Å². The molecule has 4 fully saturated rings. The second kappa shape index (κ2) is 8.68. The third kappa shape index (κ3) is 3.53. The summed E-state index contributed by atoms with van der Waals surface area (Å²) in [4.78, 5) is 24.5. The van der Waals surface area contributed by atoms with Crippen LogP contribution in [0.15, 0.2) is 11.6 Å².